The molecule has 2 aliphatic rings. The second kappa shape index (κ2) is 11.0. The molecule has 0 aliphatic heterocycles. The Labute approximate surface area is 197 Å². The molecule has 0 heterocycles. The van der Waals surface area contributed by atoms with Gasteiger partial charge in [0.25, 0.3) is 0 Å². The summed E-state index contributed by atoms with van der Waals surface area (Å²) in [6.45, 7) is 7.47. The fourth-order valence-electron chi connectivity index (χ4n) is 4.24. The third kappa shape index (κ3) is 7.38. The molecule has 0 fully saturated rings. The number of hydrogen-bond acceptors (Lipinski definition) is 4. The zero-order valence-electron chi connectivity index (χ0n) is 19.1. The lowest BCUT2D eigenvalue weighted by atomic mass is 9.69. The van der Waals surface area contributed by atoms with Gasteiger partial charge in [0.1, 0.15) is 0 Å². The van der Waals surface area contributed by atoms with Crippen LogP contribution in [0.5, 0.6) is 0 Å². The molecule has 7 heteroatoms. The smallest absolute Gasteiger partial charge is 0.221 e. The van der Waals surface area contributed by atoms with Crippen LogP contribution >= 0.6 is 23.2 Å². The van der Waals surface area contributed by atoms with E-state index in [4.69, 9.17) is 28.9 Å². The molecule has 31 heavy (non-hydrogen) atoms. The zero-order chi connectivity index (χ0) is 23.2. The first kappa shape index (κ1) is 26.0. The van der Waals surface area contributed by atoms with E-state index in [1.54, 1.807) is 6.08 Å². The molecular formula is C24H37Cl2N3O2. The molecule has 2 rings (SSSR count). The molecule has 3 atom stereocenters. The maximum atomic E-state index is 12.4. The third-order valence-electron chi connectivity index (χ3n) is 6.44. The first-order valence-electron chi connectivity index (χ1n) is 11.0. The molecule has 3 unspecified atom stereocenters. The van der Waals surface area contributed by atoms with Gasteiger partial charge < -0.3 is 21.1 Å². The Bertz CT molecular complexity index is 773. The van der Waals surface area contributed by atoms with Gasteiger partial charge in [0, 0.05) is 42.1 Å². The lowest BCUT2D eigenvalue weighted by Gasteiger charge is -2.45. The van der Waals surface area contributed by atoms with Gasteiger partial charge >= 0.3 is 0 Å². The van der Waals surface area contributed by atoms with E-state index in [0.717, 1.165) is 12.0 Å². The summed E-state index contributed by atoms with van der Waals surface area (Å²) in [5.41, 5.74) is 6.46. The maximum absolute atomic E-state index is 12.4. The predicted octanol–water partition coefficient (Wildman–Crippen LogP) is 4.21. The van der Waals surface area contributed by atoms with Crippen LogP contribution in [0.3, 0.4) is 0 Å². The molecule has 0 aromatic carbocycles. The summed E-state index contributed by atoms with van der Waals surface area (Å²) in [7, 11) is 1.99. The van der Waals surface area contributed by atoms with Crippen LogP contribution in [0.4, 0.5) is 0 Å². The number of nitrogens with two attached hydrogens (primary N) is 1. The fraction of sp³-hybridized carbons (Fsp3) is 0.625. The van der Waals surface area contributed by atoms with Gasteiger partial charge in [-0.1, -0.05) is 56.7 Å². The summed E-state index contributed by atoms with van der Waals surface area (Å²) < 4.78 is 0. The summed E-state index contributed by atoms with van der Waals surface area (Å²) in [6, 6.07) is -0.202. The topological polar surface area (TPSA) is 78.6 Å². The number of nitrogens with zero attached hydrogens (tertiary/aromatic N) is 1. The van der Waals surface area contributed by atoms with Crippen molar-refractivity contribution in [3.8, 4) is 0 Å². The Morgan fingerprint density at radius 2 is 2.06 bits per heavy atom. The SMILES string of the molecule is CCC(O)(CC1=CCC(Cl)C=C1)C(C)(C)CN(C)CCC(=O)NC1CC=C(Cl)C=C1N. The van der Waals surface area contributed by atoms with Crippen LogP contribution in [0.2, 0.25) is 0 Å². The van der Waals surface area contributed by atoms with Crippen molar-refractivity contribution in [1.82, 2.24) is 10.2 Å². The molecule has 1 amide bonds. The van der Waals surface area contributed by atoms with Gasteiger partial charge in [-0.3, -0.25) is 4.79 Å². The number of carbonyl (C=O) groups is 1. The van der Waals surface area contributed by atoms with Crippen molar-refractivity contribution < 1.29 is 9.90 Å². The average molecular weight is 470 g/mol. The first-order valence-corrected chi connectivity index (χ1v) is 11.8. The summed E-state index contributed by atoms with van der Waals surface area (Å²) in [5, 5.41) is 15.1. The number of carbonyl (C=O) groups excluding carboxylic acids is 1. The van der Waals surface area contributed by atoms with E-state index in [1.807, 2.05) is 32.2 Å². The van der Waals surface area contributed by atoms with Gasteiger partial charge in [-0.05, 0) is 38.0 Å². The lowest BCUT2D eigenvalue weighted by molar-refractivity contribution is -0.122. The van der Waals surface area contributed by atoms with Crippen molar-refractivity contribution in [2.75, 3.05) is 20.1 Å². The summed E-state index contributed by atoms with van der Waals surface area (Å²) >= 11 is 12.1. The third-order valence-corrected chi connectivity index (χ3v) is 7.03. The highest BCUT2D eigenvalue weighted by Crippen LogP contribution is 2.40. The lowest BCUT2D eigenvalue weighted by Crippen LogP contribution is -2.50. The Hall–Kier alpha value is -1.27. The minimum Gasteiger partial charge on any atom is -0.400 e. The van der Waals surface area contributed by atoms with Crippen LogP contribution in [0.25, 0.3) is 0 Å². The van der Waals surface area contributed by atoms with Gasteiger partial charge in [-0.25, -0.2) is 0 Å². The van der Waals surface area contributed by atoms with E-state index in [0.29, 0.717) is 49.5 Å². The minimum atomic E-state index is -0.855. The van der Waals surface area contributed by atoms with Crippen LogP contribution < -0.4 is 11.1 Å². The molecule has 0 aromatic heterocycles. The van der Waals surface area contributed by atoms with E-state index in [2.05, 4.69) is 30.1 Å². The van der Waals surface area contributed by atoms with Crippen LogP contribution in [-0.4, -0.2) is 53.1 Å². The molecule has 0 bridgehead atoms. The average Bonchev–Trinajstić information content (AvgIpc) is 2.69. The van der Waals surface area contributed by atoms with E-state index < -0.39 is 5.60 Å². The molecular weight excluding hydrogens is 433 g/mol. The number of allylic oxidation sites excluding steroid dienone is 5. The molecule has 2 aliphatic carbocycles. The van der Waals surface area contributed by atoms with Gasteiger partial charge in [0.05, 0.1) is 17.0 Å². The summed E-state index contributed by atoms with van der Waals surface area (Å²) in [5.74, 6) is -0.0451. The van der Waals surface area contributed by atoms with Crippen LogP contribution in [0, 0.1) is 5.41 Å². The number of amides is 1. The Morgan fingerprint density at radius 1 is 1.35 bits per heavy atom. The second-order valence-corrected chi connectivity index (χ2v) is 10.4. The van der Waals surface area contributed by atoms with E-state index >= 15 is 0 Å². The fourth-order valence-corrected chi connectivity index (χ4v) is 4.61. The van der Waals surface area contributed by atoms with Crippen molar-refractivity contribution >= 4 is 29.1 Å². The number of rotatable bonds is 10. The molecule has 174 valence electrons. The maximum Gasteiger partial charge on any atom is 0.221 e. The highest BCUT2D eigenvalue weighted by Gasteiger charge is 2.42. The Morgan fingerprint density at radius 3 is 2.65 bits per heavy atom. The number of alkyl halides is 1. The van der Waals surface area contributed by atoms with Crippen molar-refractivity contribution in [2.24, 2.45) is 11.1 Å². The number of halogens is 2. The van der Waals surface area contributed by atoms with Gasteiger partial charge in [0.2, 0.25) is 5.91 Å². The van der Waals surface area contributed by atoms with Crippen molar-refractivity contribution in [2.45, 2.75) is 69.9 Å². The normalized spacial score (nSPS) is 23.7. The molecule has 0 aromatic rings. The first-order chi connectivity index (χ1) is 14.5. The standard InChI is InChI=1S/C24H37Cl2N3O2/c1-5-24(31,15-17-6-8-18(25)9-7-17)23(2,3)16-29(4)13-12-22(30)28-21-11-10-19(26)14-20(21)27/h6-8,10,14,18,21,31H,5,9,11-13,15-16,27H2,1-4H3,(H,28,30). The Kier molecular flexibility index (Phi) is 9.26. The van der Waals surface area contributed by atoms with Crippen molar-refractivity contribution in [3.63, 3.8) is 0 Å². The molecule has 5 nitrogen and oxygen atoms in total. The molecule has 0 radical (unpaired) electrons. The molecule has 0 spiro atoms. The second-order valence-electron chi connectivity index (χ2n) is 9.41. The highest BCUT2D eigenvalue weighted by molar-refractivity contribution is 6.31. The monoisotopic (exact) mass is 469 g/mol. The van der Waals surface area contributed by atoms with Gasteiger partial charge in [-0.2, -0.15) is 0 Å². The number of nitrogens with one attached hydrogen (secondary N) is 1. The minimum absolute atomic E-state index is 0.0382. The Balaban J connectivity index is 1.87. The van der Waals surface area contributed by atoms with Gasteiger partial charge in [0.15, 0.2) is 0 Å². The van der Waals surface area contributed by atoms with Crippen molar-refractivity contribution in [3.05, 3.63) is 46.7 Å². The van der Waals surface area contributed by atoms with E-state index in [9.17, 15) is 9.90 Å². The molecule has 0 saturated carbocycles. The number of aliphatic hydroxyl groups is 1. The summed E-state index contributed by atoms with van der Waals surface area (Å²) in [6.07, 6.45) is 12.7. The zero-order valence-corrected chi connectivity index (χ0v) is 20.6. The van der Waals surface area contributed by atoms with E-state index in [1.165, 1.54) is 0 Å². The van der Waals surface area contributed by atoms with E-state index in [-0.39, 0.29) is 22.7 Å². The number of hydrogen-bond donors (Lipinski definition) is 3. The largest absolute Gasteiger partial charge is 0.400 e. The quantitative estimate of drug-likeness (QED) is 0.418. The summed E-state index contributed by atoms with van der Waals surface area (Å²) in [4.78, 5) is 14.5. The van der Waals surface area contributed by atoms with Crippen LogP contribution in [0.15, 0.2) is 46.7 Å². The molecule has 0 saturated heterocycles. The van der Waals surface area contributed by atoms with Gasteiger partial charge in [-0.15, -0.1) is 11.6 Å². The van der Waals surface area contributed by atoms with Crippen LogP contribution in [0.1, 0.15) is 52.9 Å². The molecule has 4 N–H and O–H groups in total. The predicted molar refractivity (Wildman–Crippen MR) is 130 cm³/mol. The van der Waals surface area contributed by atoms with Crippen molar-refractivity contribution in [1.29, 1.82) is 0 Å². The van der Waals surface area contributed by atoms with Crippen LogP contribution in [-0.2, 0) is 4.79 Å². The highest BCUT2D eigenvalue weighted by atomic mass is 35.5.